The summed E-state index contributed by atoms with van der Waals surface area (Å²) < 4.78 is 6.09. The Morgan fingerprint density at radius 1 is 1.41 bits per heavy atom. The Bertz CT molecular complexity index is 271. The maximum absolute atomic E-state index is 6.14. The summed E-state index contributed by atoms with van der Waals surface area (Å²) in [7, 11) is 0. The minimum atomic E-state index is 0.212. The van der Waals surface area contributed by atoms with E-state index in [1.807, 2.05) is 0 Å². The first-order valence-electron chi connectivity index (χ1n) is 6.90. The summed E-state index contributed by atoms with van der Waals surface area (Å²) >= 11 is 2.06. The van der Waals surface area contributed by atoms with Crippen LogP contribution in [0.4, 0.5) is 0 Å². The molecule has 0 aromatic heterocycles. The maximum Gasteiger partial charge on any atom is 0.0795 e. The minimum Gasteiger partial charge on any atom is -0.374 e. The van der Waals surface area contributed by atoms with Gasteiger partial charge in [-0.15, -0.1) is 0 Å². The van der Waals surface area contributed by atoms with Gasteiger partial charge in [-0.1, -0.05) is 6.92 Å². The van der Waals surface area contributed by atoms with Crippen molar-refractivity contribution in [3.8, 4) is 0 Å². The Balaban J connectivity index is 1.64. The summed E-state index contributed by atoms with van der Waals surface area (Å²) in [4.78, 5) is 2.63. The van der Waals surface area contributed by atoms with Gasteiger partial charge in [-0.2, -0.15) is 11.8 Å². The van der Waals surface area contributed by atoms with E-state index < -0.39 is 0 Å². The normalized spacial score (nSPS) is 48.0. The monoisotopic (exact) mass is 256 g/mol. The average molecular weight is 256 g/mol. The van der Waals surface area contributed by atoms with Gasteiger partial charge in [0, 0.05) is 37.5 Å². The molecule has 3 nitrogen and oxygen atoms in total. The molecule has 0 amide bonds. The van der Waals surface area contributed by atoms with Crippen LogP contribution in [0.3, 0.4) is 0 Å². The molecule has 3 heterocycles. The van der Waals surface area contributed by atoms with Gasteiger partial charge in [0.15, 0.2) is 0 Å². The van der Waals surface area contributed by atoms with E-state index in [1.54, 1.807) is 0 Å². The van der Waals surface area contributed by atoms with E-state index >= 15 is 0 Å². The topological polar surface area (TPSA) is 38.5 Å². The molecule has 2 N–H and O–H groups in total. The van der Waals surface area contributed by atoms with Crippen molar-refractivity contribution in [1.29, 1.82) is 0 Å². The maximum atomic E-state index is 6.14. The van der Waals surface area contributed by atoms with Gasteiger partial charge in [-0.25, -0.2) is 0 Å². The van der Waals surface area contributed by atoms with E-state index in [2.05, 4.69) is 23.6 Å². The molecule has 4 unspecified atom stereocenters. The standard InChI is InChI=1S/C13H24N2OS/c1-10-7-15(8-12(10)14)11-2-4-16-13(6-11)3-5-17-9-13/h10-12H,2-9,14H2,1H3. The molecule has 0 bridgehead atoms. The molecule has 4 atom stereocenters. The molecule has 0 saturated carbocycles. The van der Waals surface area contributed by atoms with Crippen molar-refractivity contribution in [2.24, 2.45) is 11.7 Å². The highest BCUT2D eigenvalue weighted by molar-refractivity contribution is 7.99. The molecule has 3 rings (SSSR count). The van der Waals surface area contributed by atoms with Gasteiger partial charge in [0.1, 0.15) is 0 Å². The number of nitrogens with two attached hydrogens (primary N) is 1. The summed E-state index contributed by atoms with van der Waals surface area (Å²) in [5, 5.41) is 0. The van der Waals surface area contributed by atoms with Crippen LogP contribution in [0.2, 0.25) is 0 Å². The second kappa shape index (κ2) is 4.72. The third-order valence-electron chi connectivity index (χ3n) is 4.75. The summed E-state index contributed by atoms with van der Waals surface area (Å²) in [6.07, 6.45) is 3.69. The van der Waals surface area contributed by atoms with Crippen LogP contribution in [0, 0.1) is 5.92 Å². The number of rotatable bonds is 1. The van der Waals surface area contributed by atoms with Gasteiger partial charge in [-0.3, -0.25) is 4.90 Å². The molecule has 0 aliphatic carbocycles. The quantitative estimate of drug-likeness (QED) is 0.768. The Morgan fingerprint density at radius 3 is 2.94 bits per heavy atom. The summed E-state index contributed by atoms with van der Waals surface area (Å²) in [6.45, 7) is 5.51. The first kappa shape index (κ1) is 12.3. The van der Waals surface area contributed by atoms with Crippen molar-refractivity contribution in [1.82, 2.24) is 4.90 Å². The molecule has 0 aromatic rings. The smallest absolute Gasteiger partial charge is 0.0795 e. The molecular weight excluding hydrogens is 232 g/mol. The lowest BCUT2D eigenvalue weighted by molar-refractivity contribution is -0.0871. The predicted octanol–water partition coefficient (Wildman–Crippen LogP) is 1.32. The first-order valence-corrected chi connectivity index (χ1v) is 8.05. The van der Waals surface area contributed by atoms with Gasteiger partial charge in [0.25, 0.3) is 0 Å². The molecule has 98 valence electrons. The Labute approximate surface area is 108 Å². The second-order valence-electron chi connectivity index (χ2n) is 6.08. The fourth-order valence-corrected chi connectivity index (χ4v) is 4.88. The molecular formula is C13H24N2OS. The van der Waals surface area contributed by atoms with Crippen molar-refractivity contribution in [2.45, 2.75) is 43.9 Å². The fraction of sp³-hybridized carbons (Fsp3) is 1.00. The number of hydrogen-bond donors (Lipinski definition) is 1. The zero-order valence-electron chi connectivity index (χ0n) is 10.7. The summed E-state index contributed by atoms with van der Waals surface area (Å²) in [6, 6.07) is 1.10. The van der Waals surface area contributed by atoms with Crippen LogP contribution in [0.5, 0.6) is 0 Å². The molecule has 3 aliphatic rings. The molecule has 4 heteroatoms. The van der Waals surface area contributed by atoms with Crippen molar-refractivity contribution in [3.63, 3.8) is 0 Å². The number of thioether (sulfide) groups is 1. The van der Waals surface area contributed by atoms with Gasteiger partial charge in [-0.05, 0) is 30.9 Å². The minimum absolute atomic E-state index is 0.212. The zero-order valence-corrected chi connectivity index (χ0v) is 11.5. The van der Waals surface area contributed by atoms with Crippen LogP contribution in [-0.4, -0.2) is 53.8 Å². The molecule has 0 aromatic carbocycles. The van der Waals surface area contributed by atoms with Gasteiger partial charge >= 0.3 is 0 Å². The SMILES string of the molecule is CC1CN(C2CCOC3(CCSC3)C2)CC1N. The Morgan fingerprint density at radius 2 is 2.29 bits per heavy atom. The van der Waals surface area contributed by atoms with Crippen molar-refractivity contribution < 1.29 is 4.74 Å². The summed E-state index contributed by atoms with van der Waals surface area (Å²) in [5.41, 5.74) is 6.36. The first-order chi connectivity index (χ1) is 8.19. The van der Waals surface area contributed by atoms with Crippen molar-refractivity contribution >= 4 is 11.8 Å². The zero-order chi connectivity index (χ0) is 11.9. The lowest BCUT2D eigenvalue weighted by Gasteiger charge is -2.41. The average Bonchev–Trinajstić information content (AvgIpc) is 2.88. The van der Waals surface area contributed by atoms with Crippen LogP contribution in [0.15, 0.2) is 0 Å². The molecule has 3 aliphatic heterocycles. The van der Waals surface area contributed by atoms with Crippen LogP contribution < -0.4 is 5.73 Å². The molecule has 3 fully saturated rings. The van der Waals surface area contributed by atoms with E-state index in [-0.39, 0.29) is 5.60 Å². The van der Waals surface area contributed by atoms with E-state index in [4.69, 9.17) is 10.5 Å². The third kappa shape index (κ3) is 2.37. The Kier molecular flexibility index (Phi) is 3.41. The lowest BCUT2D eigenvalue weighted by atomic mass is 9.89. The van der Waals surface area contributed by atoms with Crippen molar-refractivity contribution in [2.75, 3.05) is 31.2 Å². The highest BCUT2D eigenvalue weighted by Gasteiger charge is 2.43. The number of hydrogen-bond acceptors (Lipinski definition) is 4. The number of ether oxygens (including phenoxy) is 1. The molecule has 3 saturated heterocycles. The molecule has 0 radical (unpaired) electrons. The van der Waals surface area contributed by atoms with Crippen LogP contribution in [0.25, 0.3) is 0 Å². The van der Waals surface area contributed by atoms with E-state index in [9.17, 15) is 0 Å². The largest absolute Gasteiger partial charge is 0.374 e. The van der Waals surface area contributed by atoms with E-state index in [0.29, 0.717) is 12.0 Å². The lowest BCUT2D eigenvalue weighted by Crippen LogP contribution is -2.48. The second-order valence-corrected chi connectivity index (χ2v) is 7.18. The third-order valence-corrected chi connectivity index (χ3v) is 5.97. The van der Waals surface area contributed by atoms with Gasteiger partial charge in [0.2, 0.25) is 0 Å². The van der Waals surface area contributed by atoms with Crippen LogP contribution in [-0.2, 0) is 4.74 Å². The molecule has 17 heavy (non-hydrogen) atoms. The number of nitrogens with zero attached hydrogens (tertiary/aromatic N) is 1. The van der Waals surface area contributed by atoms with Gasteiger partial charge < -0.3 is 10.5 Å². The predicted molar refractivity (Wildman–Crippen MR) is 72.4 cm³/mol. The van der Waals surface area contributed by atoms with Crippen LogP contribution >= 0.6 is 11.8 Å². The highest BCUT2D eigenvalue weighted by atomic mass is 32.2. The van der Waals surface area contributed by atoms with Crippen molar-refractivity contribution in [3.05, 3.63) is 0 Å². The Hall–Kier alpha value is 0.230. The molecule has 1 spiro atoms. The van der Waals surface area contributed by atoms with Gasteiger partial charge in [0.05, 0.1) is 5.60 Å². The highest BCUT2D eigenvalue weighted by Crippen LogP contribution is 2.40. The van der Waals surface area contributed by atoms with E-state index in [1.165, 1.54) is 37.3 Å². The summed E-state index contributed by atoms with van der Waals surface area (Å²) in [5.74, 6) is 3.15. The van der Waals surface area contributed by atoms with E-state index in [0.717, 1.165) is 19.2 Å². The fourth-order valence-electron chi connectivity index (χ4n) is 3.51. The van der Waals surface area contributed by atoms with Crippen LogP contribution in [0.1, 0.15) is 26.2 Å². The number of likely N-dealkylation sites (tertiary alicyclic amines) is 1.